The van der Waals surface area contributed by atoms with Crippen LogP contribution in [-0.2, 0) is 15.9 Å². The van der Waals surface area contributed by atoms with E-state index in [9.17, 15) is 0 Å². The van der Waals surface area contributed by atoms with Crippen LogP contribution >= 0.6 is 0 Å². The maximum atomic E-state index is 5.86. The highest BCUT2D eigenvalue weighted by molar-refractivity contribution is 5.41. The number of para-hydroxylation sites is 1. The zero-order valence-corrected chi connectivity index (χ0v) is 12.1. The second-order valence-electron chi connectivity index (χ2n) is 4.70. The minimum atomic E-state index is 0.127. The highest BCUT2D eigenvalue weighted by atomic mass is 16.5. The third-order valence-corrected chi connectivity index (χ3v) is 2.74. The molecule has 0 aliphatic carbocycles. The monoisotopic (exact) mass is 267 g/mol. The molecule has 0 spiro atoms. The van der Waals surface area contributed by atoms with Crippen LogP contribution in [0.2, 0.25) is 0 Å². The molecule has 19 heavy (non-hydrogen) atoms. The Labute approximate surface area is 115 Å². The molecule has 0 aromatic heterocycles. The Morgan fingerprint density at radius 1 is 1.16 bits per heavy atom. The van der Waals surface area contributed by atoms with Gasteiger partial charge in [0.15, 0.2) is 0 Å². The molecule has 0 saturated heterocycles. The molecule has 4 heteroatoms. The van der Waals surface area contributed by atoms with E-state index < -0.39 is 0 Å². The summed E-state index contributed by atoms with van der Waals surface area (Å²) < 4.78 is 16.1. The SMILES string of the molecule is COCCOCCOc1c(C)cccc1CC(C)N. The molecule has 0 radical (unpaired) electrons. The molecule has 0 saturated carbocycles. The van der Waals surface area contributed by atoms with Crippen molar-refractivity contribution in [2.75, 3.05) is 33.5 Å². The second-order valence-corrected chi connectivity index (χ2v) is 4.70. The lowest BCUT2D eigenvalue weighted by atomic mass is 10.0. The van der Waals surface area contributed by atoms with E-state index in [1.54, 1.807) is 7.11 Å². The average Bonchev–Trinajstić information content (AvgIpc) is 2.35. The fourth-order valence-electron chi connectivity index (χ4n) is 1.87. The first-order valence-corrected chi connectivity index (χ1v) is 6.68. The van der Waals surface area contributed by atoms with E-state index in [1.165, 1.54) is 0 Å². The second kappa shape index (κ2) is 8.91. The van der Waals surface area contributed by atoms with Gasteiger partial charge in [-0.2, -0.15) is 0 Å². The van der Waals surface area contributed by atoms with Crippen LogP contribution in [0.4, 0.5) is 0 Å². The summed E-state index contributed by atoms with van der Waals surface area (Å²) >= 11 is 0. The number of methoxy groups -OCH3 is 1. The smallest absolute Gasteiger partial charge is 0.125 e. The van der Waals surface area contributed by atoms with E-state index in [0.717, 1.165) is 23.3 Å². The molecule has 0 aliphatic heterocycles. The summed E-state index contributed by atoms with van der Waals surface area (Å²) in [5, 5.41) is 0. The molecule has 0 heterocycles. The molecule has 0 amide bonds. The number of hydrogen-bond donors (Lipinski definition) is 1. The van der Waals surface area contributed by atoms with Gasteiger partial charge in [0.1, 0.15) is 12.4 Å². The van der Waals surface area contributed by atoms with Crippen LogP contribution in [0, 0.1) is 6.92 Å². The van der Waals surface area contributed by atoms with Gasteiger partial charge in [-0.15, -0.1) is 0 Å². The van der Waals surface area contributed by atoms with Crippen LogP contribution in [0.15, 0.2) is 18.2 Å². The summed E-state index contributed by atoms with van der Waals surface area (Å²) in [7, 11) is 1.66. The maximum absolute atomic E-state index is 5.86. The molecule has 0 aliphatic rings. The summed E-state index contributed by atoms with van der Waals surface area (Å²) in [6, 6.07) is 6.28. The number of benzene rings is 1. The van der Waals surface area contributed by atoms with Crippen LogP contribution in [0.3, 0.4) is 0 Å². The number of nitrogens with two attached hydrogens (primary N) is 1. The highest BCUT2D eigenvalue weighted by Gasteiger charge is 2.08. The maximum Gasteiger partial charge on any atom is 0.125 e. The highest BCUT2D eigenvalue weighted by Crippen LogP contribution is 2.24. The molecule has 1 rings (SSSR count). The van der Waals surface area contributed by atoms with Crippen molar-refractivity contribution in [2.24, 2.45) is 5.73 Å². The largest absolute Gasteiger partial charge is 0.491 e. The predicted octanol–water partition coefficient (Wildman–Crippen LogP) is 1.93. The molecule has 2 N–H and O–H groups in total. The van der Waals surface area contributed by atoms with E-state index >= 15 is 0 Å². The minimum absolute atomic E-state index is 0.127. The number of hydrogen-bond acceptors (Lipinski definition) is 4. The third kappa shape index (κ3) is 6.05. The van der Waals surface area contributed by atoms with Crippen LogP contribution in [0.1, 0.15) is 18.1 Å². The summed E-state index contributed by atoms with van der Waals surface area (Å²) in [6.45, 7) is 6.36. The van der Waals surface area contributed by atoms with Crippen LogP contribution in [0.25, 0.3) is 0 Å². The average molecular weight is 267 g/mol. The van der Waals surface area contributed by atoms with Crippen molar-refractivity contribution in [3.63, 3.8) is 0 Å². The van der Waals surface area contributed by atoms with E-state index in [2.05, 4.69) is 6.07 Å². The molecule has 0 bridgehead atoms. The molecule has 108 valence electrons. The van der Waals surface area contributed by atoms with E-state index in [1.807, 2.05) is 26.0 Å². The van der Waals surface area contributed by atoms with Crippen molar-refractivity contribution in [2.45, 2.75) is 26.3 Å². The first-order valence-electron chi connectivity index (χ1n) is 6.68. The van der Waals surface area contributed by atoms with Crippen LogP contribution in [-0.4, -0.2) is 39.6 Å². The summed E-state index contributed by atoms with van der Waals surface area (Å²) in [6.07, 6.45) is 0.821. The molecular weight excluding hydrogens is 242 g/mol. The lowest BCUT2D eigenvalue weighted by Crippen LogP contribution is -2.19. The Hall–Kier alpha value is -1.10. The minimum Gasteiger partial charge on any atom is -0.491 e. The summed E-state index contributed by atoms with van der Waals surface area (Å²) in [4.78, 5) is 0. The molecular formula is C15H25NO3. The first kappa shape index (κ1) is 16.0. The molecule has 4 nitrogen and oxygen atoms in total. The van der Waals surface area contributed by atoms with Crippen molar-refractivity contribution >= 4 is 0 Å². The quantitative estimate of drug-likeness (QED) is 0.695. The van der Waals surface area contributed by atoms with Gasteiger partial charge in [0.2, 0.25) is 0 Å². The fourth-order valence-corrected chi connectivity index (χ4v) is 1.87. The topological polar surface area (TPSA) is 53.7 Å². The van der Waals surface area contributed by atoms with Gasteiger partial charge < -0.3 is 19.9 Å². The van der Waals surface area contributed by atoms with Crippen molar-refractivity contribution in [3.05, 3.63) is 29.3 Å². The fraction of sp³-hybridized carbons (Fsp3) is 0.600. The number of aryl methyl sites for hydroxylation is 1. The predicted molar refractivity (Wildman–Crippen MR) is 76.7 cm³/mol. The van der Waals surface area contributed by atoms with Gasteiger partial charge in [-0.3, -0.25) is 0 Å². The molecule has 1 aromatic carbocycles. The van der Waals surface area contributed by atoms with Gasteiger partial charge in [0.25, 0.3) is 0 Å². The van der Waals surface area contributed by atoms with E-state index in [4.69, 9.17) is 19.9 Å². The lowest BCUT2D eigenvalue weighted by Gasteiger charge is -2.15. The Balaban J connectivity index is 2.47. The standard InChI is InChI=1S/C15H25NO3/c1-12-5-4-6-14(11-13(2)16)15(12)19-10-9-18-8-7-17-3/h4-6,13H,7-11,16H2,1-3H3. The summed E-state index contributed by atoms with van der Waals surface area (Å²) in [5.41, 5.74) is 8.15. The molecule has 0 fully saturated rings. The lowest BCUT2D eigenvalue weighted by molar-refractivity contribution is 0.0541. The van der Waals surface area contributed by atoms with E-state index in [-0.39, 0.29) is 6.04 Å². The van der Waals surface area contributed by atoms with Gasteiger partial charge in [-0.05, 0) is 31.4 Å². The van der Waals surface area contributed by atoms with Crippen molar-refractivity contribution in [3.8, 4) is 5.75 Å². The third-order valence-electron chi connectivity index (χ3n) is 2.74. The van der Waals surface area contributed by atoms with Gasteiger partial charge in [0.05, 0.1) is 19.8 Å². The van der Waals surface area contributed by atoms with Crippen molar-refractivity contribution < 1.29 is 14.2 Å². The van der Waals surface area contributed by atoms with Crippen molar-refractivity contribution in [1.82, 2.24) is 0 Å². The van der Waals surface area contributed by atoms with Gasteiger partial charge >= 0.3 is 0 Å². The zero-order chi connectivity index (χ0) is 14.1. The summed E-state index contributed by atoms with van der Waals surface area (Å²) in [5.74, 6) is 0.940. The first-order chi connectivity index (χ1) is 9.15. The Morgan fingerprint density at radius 3 is 2.58 bits per heavy atom. The van der Waals surface area contributed by atoms with Gasteiger partial charge in [-0.1, -0.05) is 18.2 Å². The van der Waals surface area contributed by atoms with Crippen LogP contribution < -0.4 is 10.5 Å². The normalized spacial score (nSPS) is 12.4. The molecule has 1 atom stereocenters. The van der Waals surface area contributed by atoms with Crippen molar-refractivity contribution in [1.29, 1.82) is 0 Å². The van der Waals surface area contributed by atoms with E-state index in [0.29, 0.717) is 26.4 Å². The molecule has 1 unspecified atom stereocenters. The molecule has 1 aromatic rings. The Morgan fingerprint density at radius 2 is 1.89 bits per heavy atom. The Bertz CT molecular complexity index is 366. The Kier molecular flexibility index (Phi) is 7.48. The van der Waals surface area contributed by atoms with Gasteiger partial charge in [0, 0.05) is 13.2 Å². The van der Waals surface area contributed by atoms with Gasteiger partial charge in [-0.25, -0.2) is 0 Å². The number of rotatable bonds is 9. The zero-order valence-electron chi connectivity index (χ0n) is 12.1. The number of ether oxygens (including phenoxy) is 3. The van der Waals surface area contributed by atoms with Crippen LogP contribution in [0.5, 0.6) is 5.75 Å².